The molecule has 1 aromatic carbocycles. The molecule has 1 N–H and O–H groups in total. The number of carbonyl (C=O) groups is 2. The van der Waals surface area contributed by atoms with Crippen molar-refractivity contribution in [3.8, 4) is 5.75 Å². The number of amides is 2. The molecule has 5 nitrogen and oxygen atoms in total. The molecule has 1 fully saturated rings. The van der Waals surface area contributed by atoms with Crippen molar-refractivity contribution >= 4 is 23.2 Å². The highest BCUT2D eigenvalue weighted by molar-refractivity contribution is 7.14. The number of likely N-dealkylation sites (tertiary alicyclic amines) is 1. The van der Waals surface area contributed by atoms with Crippen molar-refractivity contribution in [2.45, 2.75) is 32.7 Å². The van der Waals surface area contributed by atoms with Gasteiger partial charge in [0.2, 0.25) is 0 Å². The average Bonchev–Trinajstić information content (AvgIpc) is 3.30. The molecule has 3 rings (SSSR count). The zero-order valence-corrected chi connectivity index (χ0v) is 16.2. The van der Waals surface area contributed by atoms with Crippen LogP contribution in [-0.2, 0) is 0 Å². The second kappa shape index (κ2) is 7.91. The molecule has 1 aliphatic heterocycles. The molecule has 0 saturated carbocycles. The van der Waals surface area contributed by atoms with Gasteiger partial charge < -0.3 is 15.0 Å². The number of benzene rings is 1. The first kappa shape index (κ1) is 18.5. The molecule has 2 aromatic rings. The molecule has 0 bridgehead atoms. The number of nitrogens with zero attached hydrogens (tertiary/aromatic N) is 1. The number of aryl methyl sites for hydroxylation is 1. The van der Waals surface area contributed by atoms with Crippen LogP contribution in [-0.4, -0.2) is 36.9 Å². The fourth-order valence-corrected chi connectivity index (χ4v) is 4.42. The van der Waals surface area contributed by atoms with E-state index in [4.69, 9.17) is 4.74 Å². The van der Waals surface area contributed by atoms with Gasteiger partial charge >= 0.3 is 0 Å². The van der Waals surface area contributed by atoms with Crippen molar-refractivity contribution in [3.63, 3.8) is 0 Å². The van der Waals surface area contributed by atoms with E-state index in [9.17, 15) is 9.59 Å². The standard InChI is InChI=1S/C20H24N2O3S/c1-4-21-19(23)18-10-9-17(26-18)15-6-5-11-22(15)20(24)14-12-13(2)7-8-16(14)25-3/h7-10,12,15H,4-6,11H2,1-3H3,(H,21,23)/t15-/m1/s1. The van der Waals surface area contributed by atoms with Crippen molar-refractivity contribution in [3.05, 3.63) is 51.2 Å². The van der Waals surface area contributed by atoms with E-state index in [1.54, 1.807) is 7.11 Å². The van der Waals surface area contributed by atoms with Gasteiger partial charge in [-0.15, -0.1) is 11.3 Å². The first-order chi connectivity index (χ1) is 12.5. The fraction of sp³-hybridized carbons (Fsp3) is 0.400. The van der Waals surface area contributed by atoms with Gasteiger partial charge in [0.1, 0.15) is 5.75 Å². The normalized spacial score (nSPS) is 16.6. The summed E-state index contributed by atoms with van der Waals surface area (Å²) >= 11 is 1.47. The summed E-state index contributed by atoms with van der Waals surface area (Å²) in [5, 5.41) is 2.82. The zero-order chi connectivity index (χ0) is 18.7. The molecule has 1 aromatic heterocycles. The van der Waals surface area contributed by atoms with Gasteiger partial charge in [-0.3, -0.25) is 9.59 Å². The summed E-state index contributed by atoms with van der Waals surface area (Å²) in [7, 11) is 1.58. The molecule has 2 amide bonds. The van der Waals surface area contributed by atoms with Crippen LogP contribution in [0, 0.1) is 6.92 Å². The van der Waals surface area contributed by atoms with Crippen LogP contribution >= 0.6 is 11.3 Å². The van der Waals surface area contributed by atoms with E-state index >= 15 is 0 Å². The SMILES string of the molecule is CCNC(=O)c1ccc([C@H]2CCCN2C(=O)c2cc(C)ccc2OC)s1. The van der Waals surface area contributed by atoms with Crippen molar-refractivity contribution in [1.29, 1.82) is 0 Å². The number of hydrogen-bond acceptors (Lipinski definition) is 4. The van der Waals surface area contributed by atoms with E-state index in [0.29, 0.717) is 22.7 Å². The van der Waals surface area contributed by atoms with Crippen molar-refractivity contribution in [2.75, 3.05) is 20.2 Å². The van der Waals surface area contributed by atoms with E-state index in [1.807, 2.05) is 49.1 Å². The first-order valence-corrected chi connectivity index (χ1v) is 9.70. The monoisotopic (exact) mass is 372 g/mol. The summed E-state index contributed by atoms with van der Waals surface area (Å²) in [5.74, 6) is 0.529. The molecule has 0 radical (unpaired) electrons. The first-order valence-electron chi connectivity index (χ1n) is 8.88. The minimum absolute atomic E-state index is 0.0130. The third-order valence-electron chi connectivity index (χ3n) is 4.62. The lowest BCUT2D eigenvalue weighted by Crippen LogP contribution is -2.30. The van der Waals surface area contributed by atoms with Crippen LogP contribution in [0.25, 0.3) is 0 Å². The maximum atomic E-state index is 13.2. The Labute approximate surface area is 158 Å². The molecular weight excluding hydrogens is 348 g/mol. The Balaban J connectivity index is 1.86. The number of ether oxygens (including phenoxy) is 1. The molecule has 1 atom stereocenters. The predicted molar refractivity (Wildman–Crippen MR) is 103 cm³/mol. The number of hydrogen-bond donors (Lipinski definition) is 1. The molecule has 2 heterocycles. The Hall–Kier alpha value is -2.34. The number of rotatable bonds is 5. The van der Waals surface area contributed by atoms with Gasteiger partial charge in [-0.05, 0) is 51.0 Å². The van der Waals surface area contributed by atoms with Crippen molar-refractivity contribution in [1.82, 2.24) is 10.2 Å². The maximum absolute atomic E-state index is 13.2. The van der Waals surface area contributed by atoms with Gasteiger partial charge in [0.05, 0.1) is 23.6 Å². The summed E-state index contributed by atoms with van der Waals surface area (Å²) in [5.41, 5.74) is 1.62. The lowest BCUT2D eigenvalue weighted by Gasteiger charge is -2.25. The minimum Gasteiger partial charge on any atom is -0.496 e. The fourth-order valence-electron chi connectivity index (χ4n) is 3.35. The minimum atomic E-state index is -0.0556. The third-order valence-corrected chi connectivity index (χ3v) is 5.80. The Bertz CT molecular complexity index is 815. The highest BCUT2D eigenvalue weighted by Gasteiger charge is 2.33. The van der Waals surface area contributed by atoms with Gasteiger partial charge in [0.15, 0.2) is 0 Å². The lowest BCUT2D eigenvalue weighted by atomic mass is 10.1. The topological polar surface area (TPSA) is 58.6 Å². The van der Waals surface area contributed by atoms with Crippen LogP contribution in [0.2, 0.25) is 0 Å². The van der Waals surface area contributed by atoms with Crippen LogP contribution in [0.4, 0.5) is 0 Å². The smallest absolute Gasteiger partial charge is 0.261 e. The lowest BCUT2D eigenvalue weighted by molar-refractivity contribution is 0.0734. The Morgan fingerprint density at radius 1 is 1.31 bits per heavy atom. The summed E-state index contributed by atoms with van der Waals surface area (Å²) in [6.45, 7) is 5.19. The Morgan fingerprint density at radius 3 is 2.85 bits per heavy atom. The van der Waals surface area contributed by atoms with Crippen molar-refractivity contribution in [2.24, 2.45) is 0 Å². The Morgan fingerprint density at radius 2 is 2.12 bits per heavy atom. The van der Waals surface area contributed by atoms with Crippen LogP contribution in [0.3, 0.4) is 0 Å². The Kier molecular flexibility index (Phi) is 5.61. The van der Waals surface area contributed by atoms with E-state index in [2.05, 4.69) is 5.32 Å². The van der Waals surface area contributed by atoms with E-state index in [-0.39, 0.29) is 17.9 Å². The van der Waals surface area contributed by atoms with Crippen LogP contribution in [0.15, 0.2) is 30.3 Å². The molecule has 0 spiro atoms. The van der Waals surface area contributed by atoms with E-state index in [1.165, 1.54) is 11.3 Å². The summed E-state index contributed by atoms with van der Waals surface area (Å²) in [6, 6.07) is 9.49. The third kappa shape index (κ3) is 3.60. The molecular formula is C20H24N2O3S. The molecule has 26 heavy (non-hydrogen) atoms. The molecule has 6 heteroatoms. The second-order valence-electron chi connectivity index (χ2n) is 6.42. The van der Waals surface area contributed by atoms with E-state index < -0.39 is 0 Å². The van der Waals surface area contributed by atoms with Gasteiger partial charge in [0.25, 0.3) is 11.8 Å². The molecule has 138 valence electrons. The van der Waals surface area contributed by atoms with Gasteiger partial charge in [0, 0.05) is 18.0 Å². The number of nitrogens with one attached hydrogen (secondary N) is 1. The van der Waals surface area contributed by atoms with Crippen LogP contribution in [0.5, 0.6) is 5.75 Å². The molecule has 1 aliphatic rings. The van der Waals surface area contributed by atoms with Gasteiger partial charge in [-0.1, -0.05) is 11.6 Å². The highest BCUT2D eigenvalue weighted by atomic mass is 32.1. The number of carbonyl (C=O) groups excluding carboxylic acids is 2. The quantitative estimate of drug-likeness (QED) is 0.869. The zero-order valence-electron chi connectivity index (χ0n) is 15.4. The van der Waals surface area contributed by atoms with Gasteiger partial charge in [-0.2, -0.15) is 0 Å². The second-order valence-corrected chi connectivity index (χ2v) is 7.54. The number of thiophene rings is 1. The van der Waals surface area contributed by atoms with E-state index in [0.717, 1.165) is 29.8 Å². The molecule has 1 saturated heterocycles. The van der Waals surface area contributed by atoms with Crippen LogP contribution < -0.4 is 10.1 Å². The van der Waals surface area contributed by atoms with Crippen LogP contribution in [0.1, 0.15) is 56.3 Å². The summed E-state index contributed by atoms with van der Waals surface area (Å²) < 4.78 is 5.39. The summed E-state index contributed by atoms with van der Waals surface area (Å²) in [4.78, 5) is 28.9. The maximum Gasteiger partial charge on any atom is 0.261 e. The van der Waals surface area contributed by atoms with Gasteiger partial charge in [-0.25, -0.2) is 0 Å². The highest BCUT2D eigenvalue weighted by Crippen LogP contribution is 2.37. The average molecular weight is 372 g/mol. The summed E-state index contributed by atoms with van der Waals surface area (Å²) in [6.07, 6.45) is 1.87. The van der Waals surface area contributed by atoms with Crippen molar-refractivity contribution < 1.29 is 14.3 Å². The molecule has 0 unspecified atom stereocenters. The molecule has 0 aliphatic carbocycles. The number of methoxy groups -OCH3 is 1. The largest absolute Gasteiger partial charge is 0.496 e. The predicted octanol–water partition coefficient (Wildman–Crippen LogP) is 3.79.